The summed E-state index contributed by atoms with van der Waals surface area (Å²) in [5, 5.41) is 3.47. The van der Waals surface area contributed by atoms with Crippen molar-refractivity contribution in [3.8, 4) is 5.75 Å². The SMILES string of the molecule is Cc1ccc(OCc2cc(CNC3CC3)oc2C)cc1C. The van der Waals surface area contributed by atoms with Crippen LogP contribution in [0.25, 0.3) is 0 Å². The molecule has 1 aromatic carbocycles. The van der Waals surface area contributed by atoms with Crippen LogP contribution in [0.4, 0.5) is 0 Å². The third-order valence-electron chi connectivity index (χ3n) is 4.09. The number of nitrogens with one attached hydrogen (secondary N) is 1. The fourth-order valence-electron chi connectivity index (χ4n) is 2.32. The zero-order chi connectivity index (χ0) is 14.8. The van der Waals surface area contributed by atoms with Gasteiger partial charge in [0.05, 0.1) is 6.54 Å². The van der Waals surface area contributed by atoms with Crippen LogP contribution in [0.3, 0.4) is 0 Å². The lowest BCUT2D eigenvalue weighted by atomic mass is 10.1. The van der Waals surface area contributed by atoms with Crippen molar-refractivity contribution in [1.29, 1.82) is 0 Å². The van der Waals surface area contributed by atoms with Gasteiger partial charge in [0.2, 0.25) is 0 Å². The molecule has 1 saturated carbocycles. The Morgan fingerprint density at radius 1 is 1.14 bits per heavy atom. The van der Waals surface area contributed by atoms with Crippen LogP contribution >= 0.6 is 0 Å². The Kier molecular flexibility index (Phi) is 4.02. The third-order valence-corrected chi connectivity index (χ3v) is 4.09. The molecule has 1 aliphatic rings. The minimum Gasteiger partial charge on any atom is -0.489 e. The predicted molar refractivity (Wildman–Crippen MR) is 83.6 cm³/mol. The maximum absolute atomic E-state index is 5.88. The molecule has 21 heavy (non-hydrogen) atoms. The van der Waals surface area contributed by atoms with Gasteiger partial charge in [-0.15, -0.1) is 0 Å². The largest absolute Gasteiger partial charge is 0.489 e. The summed E-state index contributed by atoms with van der Waals surface area (Å²) in [6.45, 7) is 7.58. The number of ether oxygens (including phenoxy) is 1. The van der Waals surface area contributed by atoms with Crippen molar-refractivity contribution in [3.05, 3.63) is 52.5 Å². The molecule has 1 heterocycles. The van der Waals surface area contributed by atoms with Crippen LogP contribution in [0.5, 0.6) is 5.75 Å². The summed E-state index contributed by atoms with van der Waals surface area (Å²) >= 11 is 0. The average molecular weight is 285 g/mol. The lowest BCUT2D eigenvalue weighted by molar-refractivity contribution is 0.302. The van der Waals surface area contributed by atoms with Crippen molar-refractivity contribution >= 4 is 0 Å². The molecule has 1 aliphatic carbocycles. The lowest BCUT2D eigenvalue weighted by Gasteiger charge is -2.07. The van der Waals surface area contributed by atoms with E-state index in [4.69, 9.17) is 9.15 Å². The van der Waals surface area contributed by atoms with Gasteiger partial charge >= 0.3 is 0 Å². The van der Waals surface area contributed by atoms with Crippen molar-refractivity contribution in [2.75, 3.05) is 0 Å². The zero-order valence-electron chi connectivity index (χ0n) is 13.0. The summed E-state index contributed by atoms with van der Waals surface area (Å²) in [7, 11) is 0. The molecule has 0 atom stereocenters. The van der Waals surface area contributed by atoms with Gasteiger partial charge in [0.15, 0.2) is 0 Å². The third kappa shape index (κ3) is 3.67. The standard InChI is InChI=1S/C18H23NO2/c1-12-4-7-17(8-13(12)2)20-11-15-9-18(21-14(15)3)10-19-16-5-6-16/h4,7-9,16,19H,5-6,10-11H2,1-3H3. The molecule has 0 unspecified atom stereocenters. The second kappa shape index (κ2) is 5.94. The minimum atomic E-state index is 0.557. The zero-order valence-corrected chi connectivity index (χ0v) is 13.0. The van der Waals surface area contributed by atoms with Crippen LogP contribution in [0, 0.1) is 20.8 Å². The average Bonchev–Trinajstić information content (AvgIpc) is 3.22. The quantitative estimate of drug-likeness (QED) is 0.870. The monoisotopic (exact) mass is 285 g/mol. The first-order chi connectivity index (χ1) is 10.1. The number of rotatable bonds is 6. The van der Waals surface area contributed by atoms with Crippen LogP contribution in [-0.2, 0) is 13.2 Å². The summed E-state index contributed by atoms with van der Waals surface area (Å²) in [5.74, 6) is 2.86. The van der Waals surface area contributed by atoms with Gasteiger partial charge in [-0.25, -0.2) is 0 Å². The summed E-state index contributed by atoms with van der Waals surface area (Å²) < 4.78 is 11.7. The number of hydrogen-bond donors (Lipinski definition) is 1. The highest BCUT2D eigenvalue weighted by atomic mass is 16.5. The van der Waals surface area contributed by atoms with E-state index in [0.717, 1.165) is 29.4 Å². The maximum Gasteiger partial charge on any atom is 0.120 e. The van der Waals surface area contributed by atoms with Crippen molar-refractivity contribution in [1.82, 2.24) is 5.32 Å². The Bertz CT molecular complexity index is 626. The van der Waals surface area contributed by atoms with Gasteiger partial charge in [-0.3, -0.25) is 0 Å². The van der Waals surface area contributed by atoms with E-state index >= 15 is 0 Å². The van der Waals surface area contributed by atoms with Gasteiger partial charge in [-0.1, -0.05) is 6.07 Å². The normalized spacial score (nSPS) is 14.4. The topological polar surface area (TPSA) is 34.4 Å². The van der Waals surface area contributed by atoms with E-state index in [1.54, 1.807) is 0 Å². The highest BCUT2D eigenvalue weighted by molar-refractivity contribution is 5.34. The lowest BCUT2D eigenvalue weighted by Crippen LogP contribution is -2.14. The van der Waals surface area contributed by atoms with E-state index in [1.807, 2.05) is 13.0 Å². The highest BCUT2D eigenvalue weighted by Crippen LogP contribution is 2.22. The molecule has 0 bridgehead atoms. The molecule has 0 radical (unpaired) electrons. The Hall–Kier alpha value is -1.74. The van der Waals surface area contributed by atoms with Gasteiger partial charge in [-0.2, -0.15) is 0 Å². The molecule has 3 rings (SSSR count). The van der Waals surface area contributed by atoms with Gasteiger partial charge in [0, 0.05) is 11.6 Å². The van der Waals surface area contributed by atoms with E-state index in [9.17, 15) is 0 Å². The fourth-order valence-corrected chi connectivity index (χ4v) is 2.32. The molecule has 0 saturated heterocycles. The molecule has 3 heteroatoms. The molecule has 112 valence electrons. The molecular formula is C18H23NO2. The molecule has 2 aromatic rings. The Balaban J connectivity index is 1.59. The molecule has 3 nitrogen and oxygen atoms in total. The van der Waals surface area contributed by atoms with Gasteiger partial charge in [0.1, 0.15) is 23.9 Å². The fraction of sp³-hybridized carbons (Fsp3) is 0.444. The van der Waals surface area contributed by atoms with E-state index in [0.29, 0.717) is 12.6 Å². The summed E-state index contributed by atoms with van der Waals surface area (Å²) in [5.41, 5.74) is 3.67. The van der Waals surface area contributed by atoms with Crippen molar-refractivity contribution < 1.29 is 9.15 Å². The maximum atomic E-state index is 5.88. The van der Waals surface area contributed by atoms with Crippen LogP contribution in [0.15, 0.2) is 28.7 Å². The Morgan fingerprint density at radius 2 is 1.95 bits per heavy atom. The molecule has 1 N–H and O–H groups in total. The van der Waals surface area contributed by atoms with Crippen LogP contribution in [-0.4, -0.2) is 6.04 Å². The second-order valence-corrected chi connectivity index (χ2v) is 5.98. The molecule has 1 fully saturated rings. The number of furan rings is 1. The number of aryl methyl sites for hydroxylation is 3. The molecular weight excluding hydrogens is 262 g/mol. The predicted octanol–water partition coefficient (Wildman–Crippen LogP) is 4.04. The van der Waals surface area contributed by atoms with Crippen molar-refractivity contribution in [2.24, 2.45) is 0 Å². The van der Waals surface area contributed by atoms with Gasteiger partial charge in [-0.05, 0) is 62.9 Å². The van der Waals surface area contributed by atoms with Crippen LogP contribution in [0.1, 0.15) is 41.1 Å². The van der Waals surface area contributed by atoms with Crippen LogP contribution < -0.4 is 10.1 Å². The van der Waals surface area contributed by atoms with Crippen LogP contribution in [0.2, 0.25) is 0 Å². The van der Waals surface area contributed by atoms with E-state index < -0.39 is 0 Å². The first-order valence-electron chi connectivity index (χ1n) is 7.63. The summed E-state index contributed by atoms with van der Waals surface area (Å²) in [6.07, 6.45) is 2.59. The minimum absolute atomic E-state index is 0.557. The summed E-state index contributed by atoms with van der Waals surface area (Å²) in [6, 6.07) is 9.00. The Morgan fingerprint density at radius 3 is 2.67 bits per heavy atom. The van der Waals surface area contributed by atoms with E-state index in [-0.39, 0.29) is 0 Å². The first kappa shape index (κ1) is 14.2. The highest BCUT2D eigenvalue weighted by Gasteiger charge is 2.20. The molecule has 0 spiro atoms. The van der Waals surface area contributed by atoms with E-state index in [1.165, 1.54) is 24.0 Å². The molecule has 0 amide bonds. The summed E-state index contributed by atoms with van der Waals surface area (Å²) in [4.78, 5) is 0. The first-order valence-corrected chi connectivity index (χ1v) is 7.63. The smallest absolute Gasteiger partial charge is 0.120 e. The van der Waals surface area contributed by atoms with Gasteiger partial charge < -0.3 is 14.5 Å². The van der Waals surface area contributed by atoms with Crippen molar-refractivity contribution in [2.45, 2.75) is 52.8 Å². The van der Waals surface area contributed by atoms with E-state index in [2.05, 4.69) is 37.4 Å². The number of benzene rings is 1. The second-order valence-electron chi connectivity index (χ2n) is 5.98. The number of hydrogen-bond acceptors (Lipinski definition) is 3. The van der Waals surface area contributed by atoms with Crippen molar-refractivity contribution in [3.63, 3.8) is 0 Å². The molecule has 0 aliphatic heterocycles. The van der Waals surface area contributed by atoms with Gasteiger partial charge in [0.25, 0.3) is 0 Å². The Labute approximate surface area is 126 Å². The molecule has 1 aromatic heterocycles.